The van der Waals surface area contributed by atoms with Gasteiger partial charge in [-0.1, -0.05) is 23.7 Å². The van der Waals surface area contributed by atoms with Gasteiger partial charge in [-0.2, -0.15) is 0 Å². The summed E-state index contributed by atoms with van der Waals surface area (Å²) in [5.41, 5.74) is 1.61. The lowest BCUT2D eigenvalue weighted by Gasteiger charge is -2.10. The van der Waals surface area contributed by atoms with Crippen LogP contribution in [-0.4, -0.2) is 55.4 Å². The predicted molar refractivity (Wildman–Crippen MR) is 119 cm³/mol. The number of hydrogen-bond donors (Lipinski definition) is 1. The highest BCUT2D eigenvalue weighted by atomic mass is 35.5. The molecular weight excluding hydrogens is 452 g/mol. The Kier molecular flexibility index (Phi) is 8.71. The van der Waals surface area contributed by atoms with Crippen LogP contribution < -0.4 is 10.1 Å². The third-order valence-electron chi connectivity index (χ3n) is 4.99. The number of benzene rings is 2. The largest absolute Gasteiger partial charge is 0.569 e. The van der Waals surface area contributed by atoms with Gasteiger partial charge in [-0.15, -0.1) is 5.01 Å². The van der Waals surface area contributed by atoms with Gasteiger partial charge in [0, 0.05) is 11.6 Å². The molecule has 1 N–H and O–H groups in total. The fourth-order valence-corrected chi connectivity index (χ4v) is 3.41. The normalized spacial score (nSPS) is 13.5. The zero-order valence-corrected chi connectivity index (χ0v) is 18.9. The first-order valence-corrected chi connectivity index (χ1v) is 10.8. The molecule has 2 aromatic carbocycles. The summed E-state index contributed by atoms with van der Waals surface area (Å²) in [7, 11) is 1.49. The maximum Gasteiger partial charge on any atom is 0.341 e. The summed E-state index contributed by atoms with van der Waals surface area (Å²) < 4.78 is 10.1. The average molecular weight is 477 g/mol. The Morgan fingerprint density at radius 1 is 1.18 bits per heavy atom. The van der Waals surface area contributed by atoms with Gasteiger partial charge >= 0.3 is 5.97 Å². The van der Waals surface area contributed by atoms with E-state index in [-0.39, 0.29) is 5.91 Å². The summed E-state index contributed by atoms with van der Waals surface area (Å²) in [5.74, 6) is -0.450. The minimum absolute atomic E-state index is 0.290. The number of ether oxygens (including phenoxy) is 2. The molecule has 0 aliphatic carbocycles. The van der Waals surface area contributed by atoms with Gasteiger partial charge in [0.2, 0.25) is 5.28 Å². The Hall–Kier alpha value is -3.53. The van der Waals surface area contributed by atoms with Crippen molar-refractivity contribution in [2.45, 2.75) is 19.3 Å². The molecule has 1 fully saturated rings. The number of nitrogens with one attached hydrogen (secondary N) is 1. The van der Waals surface area contributed by atoms with Crippen LogP contribution in [0.5, 0.6) is 5.75 Å². The molecule has 0 bridgehead atoms. The highest BCUT2D eigenvalue weighted by molar-refractivity contribution is 6.31. The molecule has 10 nitrogen and oxygen atoms in total. The van der Waals surface area contributed by atoms with E-state index in [9.17, 15) is 14.8 Å². The number of halogens is 1. The maximum atomic E-state index is 12.4. The number of hydrazine groups is 1. The van der Waals surface area contributed by atoms with Crippen molar-refractivity contribution in [1.29, 1.82) is 0 Å². The first kappa shape index (κ1) is 24.1. The fourth-order valence-electron chi connectivity index (χ4n) is 3.24. The topological polar surface area (TPSA) is 116 Å². The molecule has 0 aromatic heterocycles. The minimum atomic E-state index is -0.600. The average Bonchev–Trinajstić information content (AvgIpc) is 3.37. The number of amides is 1. The number of rotatable bonds is 10. The number of nitrogens with zero attached hydrogens (tertiary/aromatic N) is 3. The second-order valence-corrected chi connectivity index (χ2v) is 7.66. The van der Waals surface area contributed by atoms with Crippen molar-refractivity contribution in [3.8, 4) is 5.75 Å². The van der Waals surface area contributed by atoms with Crippen LogP contribution in [0.1, 0.15) is 39.1 Å². The van der Waals surface area contributed by atoms with Gasteiger partial charge < -0.3 is 24.8 Å². The van der Waals surface area contributed by atoms with Crippen LogP contribution >= 0.6 is 11.6 Å². The first-order valence-electron chi connectivity index (χ1n) is 10.4. The second-order valence-electron chi connectivity index (χ2n) is 7.22. The summed E-state index contributed by atoms with van der Waals surface area (Å²) >= 11 is 5.96. The monoisotopic (exact) mass is 476 g/mol. The Bertz CT molecular complexity index is 993. The van der Waals surface area contributed by atoms with Crippen molar-refractivity contribution >= 4 is 23.5 Å². The number of carbonyl (C=O) groups excluding carboxylic acids is 2. The Balaban J connectivity index is 1.41. The third kappa shape index (κ3) is 6.98. The molecule has 33 heavy (non-hydrogen) atoms. The van der Waals surface area contributed by atoms with Crippen LogP contribution in [0.4, 0.5) is 0 Å². The molecule has 2 aromatic rings. The van der Waals surface area contributed by atoms with E-state index in [2.05, 4.69) is 10.6 Å². The highest BCUT2D eigenvalue weighted by Gasteiger charge is 2.18. The minimum Gasteiger partial charge on any atom is -0.569 e. The molecular formula is C22H25ClN4O6. The van der Waals surface area contributed by atoms with E-state index in [1.54, 1.807) is 42.5 Å². The Labute approximate surface area is 196 Å². The number of methoxy groups -OCH3 is 1. The van der Waals surface area contributed by atoms with Gasteiger partial charge in [-0.3, -0.25) is 4.79 Å². The standard InChI is InChI=1S/C22H25ClN4O6/c1-31-20-9-8-18(23)14-19(20)21(28)24-11-10-16-4-6-17(7-5-16)22(29)32-15-33-25-27(30)26-12-2-3-13-26/h4-9,14H,2-3,10-13,15H2,1H3,(H,24,28)/b27-25-. The lowest BCUT2D eigenvalue weighted by atomic mass is 10.1. The van der Waals surface area contributed by atoms with Crippen LogP contribution in [0, 0.1) is 5.21 Å². The number of esters is 1. The quantitative estimate of drug-likeness (QED) is 0.140. The molecule has 0 radical (unpaired) electrons. The van der Waals surface area contributed by atoms with Crippen molar-refractivity contribution in [3.05, 3.63) is 69.4 Å². The van der Waals surface area contributed by atoms with Crippen molar-refractivity contribution < 1.29 is 28.9 Å². The lowest BCUT2D eigenvalue weighted by molar-refractivity contribution is -0.708. The highest BCUT2D eigenvalue weighted by Crippen LogP contribution is 2.22. The SMILES string of the molecule is COc1ccc(Cl)cc1C(=O)NCCc1ccc(C(=O)OCO/N=[N+](\[O-])N2CCCC2)cc1. The van der Waals surface area contributed by atoms with Crippen LogP contribution in [0.25, 0.3) is 0 Å². The molecule has 0 saturated carbocycles. The molecule has 3 rings (SSSR count). The van der Waals surface area contributed by atoms with Gasteiger partial charge in [0.25, 0.3) is 12.7 Å². The smallest absolute Gasteiger partial charge is 0.341 e. The zero-order chi connectivity index (χ0) is 23.6. The van der Waals surface area contributed by atoms with Crippen molar-refractivity contribution in [2.75, 3.05) is 33.5 Å². The van der Waals surface area contributed by atoms with E-state index in [1.807, 2.05) is 0 Å². The Morgan fingerprint density at radius 2 is 1.91 bits per heavy atom. The molecule has 1 amide bonds. The molecule has 176 valence electrons. The van der Waals surface area contributed by atoms with E-state index >= 15 is 0 Å². The lowest BCUT2D eigenvalue weighted by Crippen LogP contribution is -2.27. The summed E-state index contributed by atoms with van der Waals surface area (Å²) in [5, 5.41) is 19.7. The molecule has 1 aliphatic rings. The fraction of sp³-hybridized carbons (Fsp3) is 0.364. The summed E-state index contributed by atoms with van der Waals surface area (Å²) in [6.45, 7) is 1.17. The van der Waals surface area contributed by atoms with Gasteiger partial charge in [-0.25, -0.2) is 4.79 Å². The maximum absolute atomic E-state index is 12.4. The van der Waals surface area contributed by atoms with E-state index in [1.165, 1.54) is 12.1 Å². The molecule has 1 heterocycles. The molecule has 0 atom stereocenters. The predicted octanol–water partition coefficient (Wildman–Crippen LogP) is 3.34. The molecule has 0 spiro atoms. The summed E-state index contributed by atoms with van der Waals surface area (Å²) in [4.78, 5) is 29.6. The number of carbonyl (C=O) groups is 2. The summed E-state index contributed by atoms with van der Waals surface area (Å²) in [6.07, 6.45) is 2.42. The summed E-state index contributed by atoms with van der Waals surface area (Å²) in [6, 6.07) is 11.6. The Morgan fingerprint density at radius 3 is 2.61 bits per heavy atom. The van der Waals surface area contributed by atoms with E-state index in [4.69, 9.17) is 25.9 Å². The molecule has 1 saturated heterocycles. The van der Waals surface area contributed by atoms with Crippen LogP contribution in [-0.2, 0) is 16.0 Å². The molecule has 1 aliphatic heterocycles. The van der Waals surface area contributed by atoms with Crippen LogP contribution in [0.3, 0.4) is 0 Å². The second kappa shape index (κ2) is 11.9. The van der Waals surface area contributed by atoms with Crippen molar-refractivity contribution in [3.63, 3.8) is 0 Å². The van der Waals surface area contributed by atoms with E-state index < -0.39 is 12.8 Å². The first-order chi connectivity index (χ1) is 16.0. The van der Waals surface area contributed by atoms with Crippen molar-refractivity contribution in [1.82, 2.24) is 10.3 Å². The van der Waals surface area contributed by atoms with Gasteiger partial charge in [-0.05, 0) is 55.2 Å². The van der Waals surface area contributed by atoms with Crippen LogP contribution in [0.2, 0.25) is 5.02 Å². The number of hydrogen-bond acceptors (Lipinski definition) is 7. The zero-order valence-electron chi connectivity index (χ0n) is 18.2. The van der Waals surface area contributed by atoms with Crippen LogP contribution in [0.15, 0.2) is 47.7 Å². The van der Waals surface area contributed by atoms with Gasteiger partial charge in [0.1, 0.15) is 5.75 Å². The van der Waals surface area contributed by atoms with Crippen molar-refractivity contribution in [2.24, 2.45) is 5.28 Å². The van der Waals surface area contributed by atoms with E-state index in [0.29, 0.717) is 52.9 Å². The molecule has 0 unspecified atom stereocenters. The molecule has 11 heteroatoms. The van der Waals surface area contributed by atoms with E-state index in [0.717, 1.165) is 18.4 Å². The van der Waals surface area contributed by atoms with Gasteiger partial charge in [0.05, 0.1) is 36.3 Å². The third-order valence-corrected chi connectivity index (χ3v) is 5.22. The van der Waals surface area contributed by atoms with Gasteiger partial charge in [0.15, 0.2) is 0 Å².